The molecule has 0 aromatic heterocycles. The van der Waals surface area contributed by atoms with Gasteiger partial charge in [-0.05, 0) is 48.7 Å². The van der Waals surface area contributed by atoms with Gasteiger partial charge in [0.15, 0.2) is 0 Å². The van der Waals surface area contributed by atoms with Crippen molar-refractivity contribution in [3.05, 3.63) is 36.0 Å². The van der Waals surface area contributed by atoms with Crippen molar-refractivity contribution in [2.45, 2.75) is 45.3 Å². The SMILES string of the molecule is C=C(COCC(=O)OC)C1=C[C@H]2[C@@H](C1)C[C@@H](O)[C@@H]2/C=C/[C@@H](O)C(C)CC#CC. The maximum Gasteiger partial charge on any atom is 0.331 e. The first kappa shape index (κ1) is 22.4. The number of ether oxygens (including phenoxy) is 2. The minimum atomic E-state index is -0.571. The smallest absolute Gasteiger partial charge is 0.331 e. The first-order valence-electron chi connectivity index (χ1n) is 9.84. The molecular weight excluding hydrogens is 356 g/mol. The van der Waals surface area contributed by atoms with Crippen LogP contribution in [0.15, 0.2) is 36.0 Å². The third kappa shape index (κ3) is 5.81. The molecule has 5 nitrogen and oxygen atoms in total. The number of aliphatic hydroxyl groups is 2. The second kappa shape index (κ2) is 10.6. The van der Waals surface area contributed by atoms with E-state index in [0.717, 1.165) is 24.0 Å². The van der Waals surface area contributed by atoms with Gasteiger partial charge in [-0.2, -0.15) is 0 Å². The standard InChI is InChI=1S/C23H32O5/c1-5-6-7-15(2)21(24)9-8-19-20-11-17(10-18(20)12-22(19)25)16(3)13-28-14-23(26)27-4/h8-9,11,15,18-22,24-25H,3,7,10,12-14H2,1-2,4H3/b9-8+/t15?,18-,19+,20-,21+,22+/m0/s1. The Bertz CT molecular complexity index is 681. The van der Waals surface area contributed by atoms with Crippen LogP contribution in [0.25, 0.3) is 0 Å². The van der Waals surface area contributed by atoms with Gasteiger partial charge in [0.05, 0.1) is 25.9 Å². The van der Waals surface area contributed by atoms with Crippen LogP contribution in [-0.4, -0.2) is 48.7 Å². The lowest BCUT2D eigenvalue weighted by molar-refractivity contribution is -0.145. The maximum atomic E-state index is 11.1. The van der Waals surface area contributed by atoms with Crippen molar-refractivity contribution in [2.24, 2.45) is 23.7 Å². The van der Waals surface area contributed by atoms with Crippen molar-refractivity contribution < 1.29 is 24.5 Å². The number of hydrogen-bond acceptors (Lipinski definition) is 5. The Morgan fingerprint density at radius 3 is 2.89 bits per heavy atom. The van der Waals surface area contributed by atoms with Gasteiger partial charge in [0, 0.05) is 12.3 Å². The Balaban J connectivity index is 1.95. The topological polar surface area (TPSA) is 76.0 Å². The van der Waals surface area contributed by atoms with Crippen LogP contribution >= 0.6 is 0 Å². The van der Waals surface area contributed by atoms with Crippen LogP contribution in [0, 0.1) is 35.5 Å². The molecule has 28 heavy (non-hydrogen) atoms. The number of fused-ring (bicyclic) bond motifs is 1. The molecule has 0 saturated heterocycles. The molecule has 0 amide bonds. The summed E-state index contributed by atoms with van der Waals surface area (Å²) in [5.74, 6) is 6.09. The highest BCUT2D eigenvalue weighted by Gasteiger charge is 2.43. The number of methoxy groups -OCH3 is 1. The molecule has 2 rings (SSSR count). The molecule has 0 aromatic rings. The Hall–Kier alpha value is -1.87. The van der Waals surface area contributed by atoms with E-state index in [1.165, 1.54) is 7.11 Å². The van der Waals surface area contributed by atoms with Crippen LogP contribution in [0.5, 0.6) is 0 Å². The summed E-state index contributed by atoms with van der Waals surface area (Å²) in [7, 11) is 1.33. The zero-order valence-electron chi connectivity index (χ0n) is 17.1. The zero-order valence-corrected chi connectivity index (χ0v) is 17.1. The van der Waals surface area contributed by atoms with E-state index in [1.807, 2.05) is 13.0 Å². The fraction of sp³-hybridized carbons (Fsp3) is 0.609. The Morgan fingerprint density at radius 2 is 2.21 bits per heavy atom. The van der Waals surface area contributed by atoms with Gasteiger partial charge in [0.1, 0.15) is 6.61 Å². The van der Waals surface area contributed by atoms with Crippen LogP contribution in [-0.2, 0) is 14.3 Å². The third-order valence-corrected chi connectivity index (χ3v) is 5.75. The molecule has 1 unspecified atom stereocenters. The molecule has 0 aliphatic heterocycles. The van der Waals surface area contributed by atoms with Crippen LogP contribution in [0.4, 0.5) is 0 Å². The molecule has 5 heteroatoms. The molecule has 0 radical (unpaired) electrons. The normalized spacial score (nSPS) is 28.2. The minimum absolute atomic E-state index is 0.00889. The fourth-order valence-corrected chi connectivity index (χ4v) is 3.99. The van der Waals surface area contributed by atoms with Crippen LogP contribution < -0.4 is 0 Å². The number of carbonyl (C=O) groups excluding carboxylic acids is 1. The molecule has 0 spiro atoms. The summed E-state index contributed by atoms with van der Waals surface area (Å²) < 4.78 is 9.90. The lowest BCUT2D eigenvalue weighted by atomic mass is 9.90. The quantitative estimate of drug-likeness (QED) is 0.361. The molecule has 6 atom stereocenters. The highest BCUT2D eigenvalue weighted by molar-refractivity contribution is 5.70. The molecule has 1 saturated carbocycles. The fourth-order valence-electron chi connectivity index (χ4n) is 3.99. The third-order valence-electron chi connectivity index (χ3n) is 5.75. The molecule has 2 aliphatic carbocycles. The van der Waals surface area contributed by atoms with Crippen LogP contribution in [0.2, 0.25) is 0 Å². The molecular formula is C23H32O5. The summed E-state index contributed by atoms with van der Waals surface area (Å²) in [5.41, 5.74) is 2.00. The van der Waals surface area contributed by atoms with E-state index < -0.39 is 18.2 Å². The van der Waals surface area contributed by atoms with E-state index in [9.17, 15) is 15.0 Å². The number of carbonyl (C=O) groups is 1. The molecule has 154 valence electrons. The van der Waals surface area contributed by atoms with E-state index in [2.05, 4.69) is 29.2 Å². The number of aliphatic hydroxyl groups excluding tert-OH is 2. The Kier molecular flexibility index (Phi) is 8.50. The highest BCUT2D eigenvalue weighted by atomic mass is 16.6. The zero-order chi connectivity index (χ0) is 20.7. The summed E-state index contributed by atoms with van der Waals surface area (Å²) >= 11 is 0. The van der Waals surface area contributed by atoms with E-state index in [-0.39, 0.29) is 31.0 Å². The Labute approximate surface area is 168 Å². The maximum absolute atomic E-state index is 11.1. The predicted molar refractivity (Wildman–Crippen MR) is 108 cm³/mol. The van der Waals surface area contributed by atoms with Gasteiger partial charge in [0.25, 0.3) is 0 Å². The lowest BCUT2D eigenvalue weighted by Crippen LogP contribution is -2.19. The van der Waals surface area contributed by atoms with Gasteiger partial charge in [-0.1, -0.05) is 31.7 Å². The van der Waals surface area contributed by atoms with Crippen molar-refractivity contribution in [3.63, 3.8) is 0 Å². The van der Waals surface area contributed by atoms with Gasteiger partial charge in [-0.15, -0.1) is 11.8 Å². The molecule has 1 fully saturated rings. The van der Waals surface area contributed by atoms with Crippen molar-refractivity contribution in [2.75, 3.05) is 20.3 Å². The molecule has 2 N–H and O–H groups in total. The second-order valence-electron chi connectivity index (χ2n) is 7.77. The highest BCUT2D eigenvalue weighted by Crippen LogP contribution is 2.48. The van der Waals surface area contributed by atoms with Crippen molar-refractivity contribution in [1.29, 1.82) is 0 Å². The summed E-state index contributed by atoms with van der Waals surface area (Å²) in [6.07, 6.45) is 7.23. The average Bonchev–Trinajstić information content (AvgIpc) is 3.21. The minimum Gasteiger partial charge on any atom is -0.467 e. The van der Waals surface area contributed by atoms with Crippen molar-refractivity contribution in [1.82, 2.24) is 0 Å². The van der Waals surface area contributed by atoms with Gasteiger partial charge >= 0.3 is 5.97 Å². The number of hydrogen-bond donors (Lipinski definition) is 2. The molecule has 0 bridgehead atoms. The monoisotopic (exact) mass is 388 g/mol. The number of esters is 1. The van der Waals surface area contributed by atoms with Gasteiger partial charge in [0.2, 0.25) is 0 Å². The van der Waals surface area contributed by atoms with Gasteiger partial charge in [-0.3, -0.25) is 0 Å². The molecule has 0 aromatic carbocycles. The first-order chi connectivity index (χ1) is 13.4. The summed E-state index contributed by atoms with van der Waals surface area (Å²) in [5, 5.41) is 20.8. The molecule has 2 aliphatic rings. The first-order valence-corrected chi connectivity index (χ1v) is 9.84. The van der Waals surface area contributed by atoms with Gasteiger partial charge < -0.3 is 19.7 Å². The van der Waals surface area contributed by atoms with Crippen LogP contribution in [0.3, 0.4) is 0 Å². The van der Waals surface area contributed by atoms with E-state index in [4.69, 9.17) is 4.74 Å². The predicted octanol–water partition coefficient (Wildman–Crippen LogP) is 2.64. The number of allylic oxidation sites excluding steroid dienone is 1. The largest absolute Gasteiger partial charge is 0.467 e. The van der Waals surface area contributed by atoms with Crippen molar-refractivity contribution in [3.8, 4) is 11.8 Å². The van der Waals surface area contributed by atoms with E-state index in [1.54, 1.807) is 13.0 Å². The van der Waals surface area contributed by atoms with Gasteiger partial charge in [-0.25, -0.2) is 4.79 Å². The molecule has 0 heterocycles. The summed E-state index contributed by atoms with van der Waals surface area (Å²) in [4.78, 5) is 11.1. The average molecular weight is 389 g/mol. The summed E-state index contributed by atoms with van der Waals surface area (Å²) in [6.45, 7) is 8.05. The number of rotatable bonds is 9. The summed E-state index contributed by atoms with van der Waals surface area (Å²) in [6, 6.07) is 0. The second-order valence-corrected chi connectivity index (χ2v) is 7.77. The van der Waals surface area contributed by atoms with E-state index in [0.29, 0.717) is 12.3 Å². The lowest BCUT2D eigenvalue weighted by Gasteiger charge is -2.18. The Morgan fingerprint density at radius 1 is 1.46 bits per heavy atom. The van der Waals surface area contributed by atoms with E-state index >= 15 is 0 Å². The van der Waals surface area contributed by atoms with Crippen molar-refractivity contribution >= 4 is 5.97 Å². The van der Waals surface area contributed by atoms with Crippen LogP contribution in [0.1, 0.15) is 33.1 Å².